The number of hydrogen-bond donors (Lipinski definition) is 1. The Balaban J connectivity index is 2.11. The Kier molecular flexibility index (Phi) is 7.26. The van der Waals surface area contributed by atoms with Crippen LogP contribution in [0.15, 0.2) is 24.3 Å². The molecule has 0 saturated carbocycles. The Bertz CT molecular complexity index is 351. The lowest BCUT2D eigenvalue weighted by Crippen LogP contribution is -2.29. The van der Waals surface area contributed by atoms with Gasteiger partial charge in [0.2, 0.25) is 0 Å². The molecule has 1 amide bonds. The van der Waals surface area contributed by atoms with Crippen LogP contribution in [0.3, 0.4) is 0 Å². The number of benzene rings is 1. The van der Waals surface area contributed by atoms with E-state index in [1.165, 1.54) is 12.8 Å². The van der Waals surface area contributed by atoms with E-state index in [-0.39, 0.29) is 12.5 Å². The van der Waals surface area contributed by atoms with Crippen molar-refractivity contribution in [3.8, 4) is 5.75 Å². The first kappa shape index (κ1) is 14.8. The zero-order valence-electron chi connectivity index (χ0n) is 10.7. The average molecular weight is 270 g/mol. The van der Waals surface area contributed by atoms with Crippen LogP contribution >= 0.6 is 11.6 Å². The van der Waals surface area contributed by atoms with Crippen LogP contribution in [0.25, 0.3) is 0 Å². The molecule has 0 unspecified atom stereocenters. The van der Waals surface area contributed by atoms with E-state index in [9.17, 15) is 4.79 Å². The summed E-state index contributed by atoms with van der Waals surface area (Å²) in [5.41, 5.74) is 0. The molecule has 0 saturated heterocycles. The fraction of sp³-hybridized carbons (Fsp3) is 0.500. The maximum Gasteiger partial charge on any atom is 0.257 e. The zero-order chi connectivity index (χ0) is 13.2. The Morgan fingerprint density at radius 3 is 2.61 bits per heavy atom. The summed E-state index contributed by atoms with van der Waals surface area (Å²) in [6, 6.07) is 6.97. The number of carbonyl (C=O) groups excluding carboxylic acids is 1. The SMILES string of the molecule is CCCCCCNC(=O)COc1ccc(Cl)cc1. The van der Waals surface area contributed by atoms with Gasteiger partial charge in [-0.3, -0.25) is 4.79 Å². The maximum atomic E-state index is 11.5. The number of nitrogens with one attached hydrogen (secondary N) is 1. The summed E-state index contributed by atoms with van der Waals surface area (Å²) in [5.74, 6) is 0.571. The van der Waals surface area contributed by atoms with E-state index in [2.05, 4.69) is 12.2 Å². The summed E-state index contributed by atoms with van der Waals surface area (Å²) in [6.07, 6.45) is 4.61. The minimum absolute atomic E-state index is 0.0510. The summed E-state index contributed by atoms with van der Waals surface area (Å²) in [5, 5.41) is 3.49. The predicted octanol–water partition coefficient (Wildman–Crippen LogP) is 3.42. The molecule has 1 rings (SSSR count). The number of carbonyl (C=O) groups is 1. The summed E-state index contributed by atoms with van der Waals surface area (Å²) < 4.78 is 5.33. The van der Waals surface area contributed by atoms with Gasteiger partial charge in [0, 0.05) is 11.6 Å². The third kappa shape index (κ3) is 6.50. The van der Waals surface area contributed by atoms with Crippen molar-refractivity contribution >= 4 is 17.5 Å². The second-order valence-corrected chi connectivity index (χ2v) is 4.59. The highest BCUT2D eigenvalue weighted by molar-refractivity contribution is 6.30. The summed E-state index contributed by atoms with van der Waals surface area (Å²) in [6.45, 7) is 2.94. The van der Waals surface area contributed by atoms with E-state index in [1.54, 1.807) is 24.3 Å². The number of rotatable bonds is 8. The van der Waals surface area contributed by atoms with Gasteiger partial charge >= 0.3 is 0 Å². The topological polar surface area (TPSA) is 38.3 Å². The highest BCUT2D eigenvalue weighted by atomic mass is 35.5. The lowest BCUT2D eigenvalue weighted by molar-refractivity contribution is -0.123. The highest BCUT2D eigenvalue weighted by Gasteiger charge is 2.01. The fourth-order valence-corrected chi connectivity index (χ4v) is 1.64. The molecule has 0 aliphatic rings. The van der Waals surface area contributed by atoms with Crippen molar-refractivity contribution in [3.63, 3.8) is 0 Å². The van der Waals surface area contributed by atoms with E-state index < -0.39 is 0 Å². The molecule has 0 aliphatic carbocycles. The van der Waals surface area contributed by atoms with Crippen LogP contribution in [0.2, 0.25) is 5.02 Å². The Morgan fingerprint density at radius 1 is 1.22 bits per heavy atom. The van der Waals surface area contributed by atoms with Crippen LogP contribution in [0.4, 0.5) is 0 Å². The average Bonchev–Trinajstić information content (AvgIpc) is 2.38. The molecule has 0 aromatic heterocycles. The standard InChI is InChI=1S/C14H20ClNO2/c1-2-3-4-5-10-16-14(17)11-18-13-8-6-12(15)7-9-13/h6-9H,2-5,10-11H2,1H3,(H,16,17). The molecule has 0 bridgehead atoms. The van der Waals surface area contributed by atoms with Gasteiger partial charge in [0.25, 0.3) is 5.91 Å². The van der Waals surface area contributed by atoms with Gasteiger partial charge in [0.05, 0.1) is 0 Å². The molecule has 4 heteroatoms. The third-order valence-corrected chi connectivity index (χ3v) is 2.79. The lowest BCUT2D eigenvalue weighted by atomic mass is 10.2. The number of halogens is 1. The van der Waals surface area contributed by atoms with E-state index in [0.29, 0.717) is 10.8 Å². The molecule has 0 atom stereocenters. The van der Waals surface area contributed by atoms with Crippen LogP contribution in [-0.2, 0) is 4.79 Å². The molecule has 0 heterocycles. The smallest absolute Gasteiger partial charge is 0.257 e. The molecular weight excluding hydrogens is 250 g/mol. The summed E-state index contributed by atoms with van der Waals surface area (Å²) in [4.78, 5) is 11.5. The van der Waals surface area contributed by atoms with E-state index in [4.69, 9.17) is 16.3 Å². The quantitative estimate of drug-likeness (QED) is 0.735. The fourth-order valence-electron chi connectivity index (χ4n) is 1.51. The van der Waals surface area contributed by atoms with Gasteiger partial charge in [-0.05, 0) is 30.7 Å². The summed E-state index contributed by atoms with van der Waals surface area (Å²) >= 11 is 5.75. The maximum absolute atomic E-state index is 11.5. The lowest BCUT2D eigenvalue weighted by Gasteiger charge is -2.07. The van der Waals surface area contributed by atoms with Crippen molar-refractivity contribution in [3.05, 3.63) is 29.3 Å². The first-order valence-electron chi connectivity index (χ1n) is 6.37. The first-order valence-corrected chi connectivity index (χ1v) is 6.75. The van der Waals surface area contributed by atoms with Crippen molar-refractivity contribution in [2.75, 3.05) is 13.2 Å². The van der Waals surface area contributed by atoms with Gasteiger partial charge in [0.1, 0.15) is 5.75 Å². The number of hydrogen-bond acceptors (Lipinski definition) is 2. The minimum atomic E-state index is -0.0820. The number of amides is 1. The molecule has 0 fully saturated rings. The van der Waals surface area contributed by atoms with Gasteiger partial charge in [-0.2, -0.15) is 0 Å². The van der Waals surface area contributed by atoms with Crippen molar-refractivity contribution < 1.29 is 9.53 Å². The molecule has 0 aliphatic heterocycles. The molecule has 1 aromatic carbocycles. The normalized spacial score (nSPS) is 10.1. The molecule has 0 spiro atoms. The van der Waals surface area contributed by atoms with Crippen LogP contribution in [0.5, 0.6) is 5.75 Å². The largest absolute Gasteiger partial charge is 0.484 e. The number of ether oxygens (including phenoxy) is 1. The Labute approximate surface area is 113 Å². The molecular formula is C14H20ClNO2. The molecule has 100 valence electrons. The second-order valence-electron chi connectivity index (χ2n) is 4.15. The van der Waals surface area contributed by atoms with Crippen molar-refractivity contribution in [1.29, 1.82) is 0 Å². The molecule has 0 radical (unpaired) electrons. The van der Waals surface area contributed by atoms with E-state index in [1.807, 2.05) is 0 Å². The molecule has 18 heavy (non-hydrogen) atoms. The molecule has 1 N–H and O–H groups in total. The van der Waals surface area contributed by atoms with Crippen LogP contribution in [0, 0.1) is 0 Å². The van der Waals surface area contributed by atoms with Crippen molar-refractivity contribution in [1.82, 2.24) is 5.32 Å². The first-order chi connectivity index (χ1) is 8.72. The minimum Gasteiger partial charge on any atom is -0.484 e. The van der Waals surface area contributed by atoms with Gasteiger partial charge in [0.15, 0.2) is 6.61 Å². The van der Waals surface area contributed by atoms with E-state index in [0.717, 1.165) is 19.4 Å². The Morgan fingerprint density at radius 2 is 1.94 bits per heavy atom. The zero-order valence-corrected chi connectivity index (χ0v) is 11.5. The van der Waals surface area contributed by atoms with Crippen molar-refractivity contribution in [2.24, 2.45) is 0 Å². The second kappa shape index (κ2) is 8.81. The monoisotopic (exact) mass is 269 g/mol. The van der Waals surface area contributed by atoms with Crippen LogP contribution in [-0.4, -0.2) is 19.1 Å². The van der Waals surface area contributed by atoms with E-state index >= 15 is 0 Å². The van der Waals surface area contributed by atoms with Gasteiger partial charge in [-0.15, -0.1) is 0 Å². The van der Waals surface area contributed by atoms with Crippen LogP contribution in [0.1, 0.15) is 32.6 Å². The number of unbranched alkanes of at least 4 members (excludes halogenated alkanes) is 3. The Hall–Kier alpha value is -1.22. The highest BCUT2D eigenvalue weighted by Crippen LogP contribution is 2.15. The predicted molar refractivity (Wildman–Crippen MR) is 74.1 cm³/mol. The van der Waals surface area contributed by atoms with Gasteiger partial charge in [-0.25, -0.2) is 0 Å². The molecule has 3 nitrogen and oxygen atoms in total. The van der Waals surface area contributed by atoms with Crippen molar-refractivity contribution in [2.45, 2.75) is 32.6 Å². The van der Waals surface area contributed by atoms with Crippen LogP contribution < -0.4 is 10.1 Å². The summed E-state index contributed by atoms with van der Waals surface area (Å²) in [7, 11) is 0. The molecule has 1 aromatic rings. The third-order valence-electron chi connectivity index (χ3n) is 2.54. The van der Waals surface area contributed by atoms with Gasteiger partial charge < -0.3 is 10.1 Å². The van der Waals surface area contributed by atoms with Gasteiger partial charge in [-0.1, -0.05) is 37.8 Å².